The summed E-state index contributed by atoms with van der Waals surface area (Å²) < 4.78 is 52.6. The highest BCUT2D eigenvalue weighted by Crippen LogP contribution is 2.22. The van der Waals surface area contributed by atoms with Gasteiger partial charge in [0.15, 0.2) is 4.90 Å². The van der Waals surface area contributed by atoms with Gasteiger partial charge in [-0.1, -0.05) is 0 Å². The topological polar surface area (TPSA) is 113 Å². The van der Waals surface area contributed by atoms with Crippen LogP contribution in [0.2, 0.25) is 0 Å². The molecule has 1 aromatic carbocycles. The van der Waals surface area contributed by atoms with Crippen molar-refractivity contribution in [2.24, 2.45) is 0 Å². The third-order valence-electron chi connectivity index (χ3n) is 2.37. The lowest BCUT2D eigenvalue weighted by atomic mass is 10.1. The summed E-state index contributed by atoms with van der Waals surface area (Å²) in [5.74, 6) is -2.72. The largest absolute Gasteiger partial charge is 0.399 e. The first-order valence-corrected chi connectivity index (χ1v) is 6.64. The van der Waals surface area contributed by atoms with Crippen LogP contribution >= 0.6 is 0 Å². The van der Waals surface area contributed by atoms with Crippen molar-refractivity contribution in [3.05, 3.63) is 23.8 Å². The third-order valence-corrected chi connectivity index (χ3v) is 4.06. The van der Waals surface area contributed by atoms with Gasteiger partial charge in [0.25, 0.3) is 0 Å². The van der Waals surface area contributed by atoms with Crippen molar-refractivity contribution in [3.63, 3.8) is 0 Å². The maximum absolute atomic E-state index is 13.5. The molecule has 0 saturated heterocycles. The highest BCUT2D eigenvalue weighted by molar-refractivity contribution is 7.89. The fraction of sp³-hybridized carbons (Fsp3) is 0.400. The molecule has 0 saturated carbocycles. The van der Waals surface area contributed by atoms with Gasteiger partial charge in [-0.05, 0) is 19.1 Å². The van der Waals surface area contributed by atoms with Crippen LogP contribution in [0.15, 0.2) is 17.0 Å². The number of aliphatic hydroxyl groups is 2. The number of halogens is 2. The molecule has 0 aliphatic heterocycles. The molecule has 9 heteroatoms. The monoisotopic (exact) mass is 296 g/mol. The van der Waals surface area contributed by atoms with Crippen LogP contribution in [0, 0.1) is 11.6 Å². The SMILES string of the molecule is CC(CO)(CO)NS(=O)(=O)c1c(F)cc(N)cc1F. The second-order valence-corrected chi connectivity index (χ2v) is 5.92. The molecule has 5 N–H and O–H groups in total. The third kappa shape index (κ3) is 3.38. The van der Waals surface area contributed by atoms with Crippen LogP contribution in [-0.4, -0.2) is 37.4 Å². The summed E-state index contributed by atoms with van der Waals surface area (Å²) in [6.45, 7) is -0.320. The number of rotatable bonds is 5. The number of hydrogen-bond donors (Lipinski definition) is 4. The van der Waals surface area contributed by atoms with Crippen molar-refractivity contribution in [2.45, 2.75) is 17.4 Å². The molecule has 0 atom stereocenters. The molecule has 0 fully saturated rings. The number of benzene rings is 1. The first kappa shape index (κ1) is 15.8. The molecule has 0 spiro atoms. The Balaban J connectivity index is 3.29. The van der Waals surface area contributed by atoms with E-state index in [1.807, 2.05) is 4.72 Å². The molecular weight excluding hydrogens is 282 g/mol. The van der Waals surface area contributed by atoms with Crippen LogP contribution in [0.4, 0.5) is 14.5 Å². The maximum Gasteiger partial charge on any atom is 0.247 e. The van der Waals surface area contributed by atoms with E-state index in [4.69, 9.17) is 15.9 Å². The van der Waals surface area contributed by atoms with Gasteiger partial charge in [-0.25, -0.2) is 21.9 Å². The molecule has 19 heavy (non-hydrogen) atoms. The minimum Gasteiger partial charge on any atom is -0.399 e. The quantitative estimate of drug-likeness (QED) is 0.551. The summed E-state index contributed by atoms with van der Waals surface area (Å²) in [5, 5.41) is 18.0. The van der Waals surface area contributed by atoms with Crippen molar-refractivity contribution >= 4 is 15.7 Å². The average molecular weight is 296 g/mol. The van der Waals surface area contributed by atoms with Crippen LogP contribution < -0.4 is 10.5 Å². The van der Waals surface area contributed by atoms with Crippen LogP contribution in [0.5, 0.6) is 0 Å². The van der Waals surface area contributed by atoms with E-state index >= 15 is 0 Å². The Morgan fingerprint density at radius 3 is 2.05 bits per heavy atom. The zero-order chi connectivity index (χ0) is 14.8. The van der Waals surface area contributed by atoms with Gasteiger partial charge >= 0.3 is 0 Å². The number of anilines is 1. The summed E-state index contributed by atoms with van der Waals surface area (Å²) >= 11 is 0. The van der Waals surface area contributed by atoms with Crippen LogP contribution in [0.1, 0.15) is 6.92 Å². The zero-order valence-electron chi connectivity index (χ0n) is 10.0. The lowest BCUT2D eigenvalue weighted by Gasteiger charge is -2.25. The van der Waals surface area contributed by atoms with E-state index in [-0.39, 0.29) is 5.69 Å². The molecule has 0 bridgehead atoms. The number of aliphatic hydroxyl groups excluding tert-OH is 2. The summed E-state index contributed by atoms with van der Waals surface area (Å²) in [6, 6.07) is 1.32. The fourth-order valence-electron chi connectivity index (χ4n) is 1.33. The number of hydrogen-bond acceptors (Lipinski definition) is 5. The minimum absolute atomic E-state index is 0.263. The lowest BCUT2D eigenvalue weighted by Crippen LogP contribution is -2.51. The minimum atomic E-state index is -4.60. The van der Waals surface area contributed by atoms with Gasteiger partial charge in [0.1, 0.15) is 11.6 Å². The molecule has 0 aliphatic rings. The Labute approximate surface area is 108 Å². The summed E-state index contributed by atoms with van der Waals surface area (Å²) in [6.07, 6.45) is 0. The standard InChI is InChI=1S/C10H14F2N2O4S/c1-10(4-15,5-16)14-19(17,18)9-7(11)2-6(13)3-8(9)12/h2-3,14-16H,4-5,13H2,1H3. The van der Waals surface area contributed by atoms with Crippen LogP contribution in [0.25, 0.3) is 0 Å². The second-order valence-electron chi connectivity index (χ2n) is 4.30. The van der Waals surface area contributed by atoms with Crippen LogP contribution in [0.3, 0.4) is 0 Å². The van der Waals surface area contributed by atoms with Crippen molar-refractivity contribution < 1.29 is 27.4 Å². The molecule has 108 valence electrons. The van der Waals surface area contributed by atoms with Crippen molar-refractivity contribution in [3.8, 4) is 0 Å². The highest BCUT2D eigenvalue weighted by Gasteiger charge is 2.33. The molecule has 0 radical (unpaired) electrons. The smallest absolute Gasteiger partial charge is 0.247 e. The Kier molecular flexibility index (Phi) is 4.46. The van der Waals surface area contributed by atoms with E-state index in [2.05, 4.69) is 0 Å². The predicted molar refractivity (Wildman–Crippen MR) is 63.7 cm³/mol. The van der Waals surface area contributed by atoms with E-state index in [9.17, 15) is 17.2 Å². The predicted octanol–water partition coefficient (Wildman–Crippen LogP) is -0.431. The molecule has 0 unspecified atom stereocenters. The Morgan fingerprint density at radius 2 is 1.68 bits per heavy atom. The highest BCUT2D eigenvalue weighted by atomic mass is 32.2. The molecule has 0 heterocycles. The van der Waals surface area contributed by atoms with E-state index in [0.29, 0.717) is 12.1 Å². The van der Waals surface area contributed by atoms with Gasteiger partial charge < -0.3 is 15.9 Å². The fourth-order valence-corrected chi connectivity index (χ4v) is 2.84. The lowest BCUT2D eigenvalue weighted by molar-refractivity contribution is 0.121. The first-order chi connectivity index (χ1) is 8.65. The number of sulfonamides is 1. The molecule has 0 aromatic heterocycles. The molecule has 1 aromatic rings. The van der Waals surface area contributed by atoms with Crippen molar-refractivity contribution in [1.29, 1.82) is 0 Å². The van der Waals surface area contributed by atoms with Gasteiger partial charge in [0.05, 0.1) is 18.8 Å². The zero-order valence-corrected chi connectivity index (χ0v) is 10.8. The first-order valence-electron chi connectivity index (χ1n) is 5.15. The van der Waals surface area contributed by atoms with Crippen molar-refractivity contribution in [2.75, 3.05) is 18.9 Å². The molecular formula is C10H14F2N2O4S. The molecule has 0 amide bonds. The van der Waals surface area contributed by atoms with Gasteiger partial charge in [-0.2, -0.15) is 0 Å². The summed E-state index contributed by atoms with van der Waals surface area (Å²) in [7, 11) is -4.60. The average Bonchev–Trinajstić information content (AvgIpc) is 2.26. The molecule has 1 rings (SSSR count). The van der Waals surface area contributed by atoms with Crippen LogP contribution in [-0.2, 0) is 10.0 Å². The molecule has 6 nitrogen and oxygen atoms in total. The van der Waals surface area contributed by atoms with E-state index < -0.39 is 45.3 Å². The number of nitrogen functional groups attached to an aromatic ring is 1. The number of nitrogens with two attached hydrogens (primary N) is 1. The maximum atomic E-state index is 13.5. The Morgan fingerprint density at radius 1 is 1.26 bits per heavy atom. The molecule has 0 aliphatic carbocycles. The van der Waals surface area contributed by atoms with E-state index in [1.165, 1.54) is 6.92 Å². The van der Waals surface area contributed by atoms with E-state index in [0.717, 1.165) is 0 Å². The van der Waals surface area contributed by atoms with Crippen molar-refractivity contribution in [1.82, 2.24) is 4.72 Å². The summed E-state index contributed by atoms with van der Waals surface area (Å²) in [5.41, 5.74) is 3.27. The Hall–Kier alpha value is -1.29. The Bertz CT molecular complexity index is 550. The summed E-state index contributed by atoms with van der Waals surface area (Å²) in [4.78, 5) is -1.21. The van der Waals surface area contributed by atoms with Gasteiger partial charge in [0.2, 0.25) is 10.0 Å². The van der Waals surface area contributed by atoms with Gasteiger partial charge in [-0.15, -0.1) is 0 Å². The van der Waals surface area contributed by atoms with E-state index in [1.54, 1.807) is 0 Å². The second kappa shape index (κ2) is 5.37. The van der Waals surface area contributed by atoms with Gasteiger partial charge in [-0.3, -0.25) is 0 Å². The number of nitrogens with one attached hydrogen (secondary N) is 1. The van der Waals surface area contributed by atoms with Gasteiger partial charge in [0, 0.05) is 5.69 Å². The normalized spacial score (nSPS) is 12.7.